The van der Waals surface area contributed by atoms with Gasteiger partial charge in [-0.3, -0.25) is 4.79 Å². The van der Waals surface area contributed by atoms with Crippen molar-refractivity contribution < 1.29 is 4.79 Å². The van der Waals surface area contributed by atoms with Crippen molar-refractivity contribution in [3.8, 4) is 6.07 Å². The highest BCUT2D eigenvalue weighted by atomic mass is 16.2. The largest absolute Gasteiger partial charge is 0.314 e. The van der Waals surface area contributed by atoms with Crippen LogP contribution in [0.4, 0.5) is 5.69 Å². The van der Waals surface area contributed by atoms with Crippen LogP contribution in [0.15, 0.2) is 24.3 Å². The fourth-order valence-electron chi connectivity index (χ4n) is 3.55. The molecule has 1 N–H and O–H groups in total. The van der Waals surface area contributed by atoms with Crippen LogP contribution in [0, 0.1) is 23.2 Å². The highest BCUT2D eigenvalue weighted by molar-refractivity contribution is 5.97. The van der Waals surface area contributed by atoms with Crippen LogP contribution >= 0.6 is 0 Å². The Kier molecular flexibility index (Phi) is 3.45. The van der Waals surface area contributed by atoms with Crippen LogP contribution in [0.2, 0.25) is 0 Å². The van der Waals surface area contributed by atoms with Crippen molar-refractivity contribution in [3.05, 3.63) is 29.8 Å². The Hall–Kier alpha value is -1.86. The lowest BCUT2D eigenvalue weighted by Gasteiger charge is -2.24. The molecule has 1 amide bonds. The standard InChI is InChI=1S/C16H19N3O/c1-19(13-7-5-11(9-17)6-8-13)16(20)15-14-4-2-3-12(14)10-18-15/h5-8,12,14-15,18H,2-4,10H2,1H3. The van der Waals surface area contributed by atoms with Crippen molar-refractivity contribution in [1.29, 1.82) is 5.26 Å². The van der Waals surface area contributed by atoms with Gasteiger partial charge in [0.25, 0.3) is 0 Å². The predicted octanol–water partition coefficient (Wildman–Crippen LogP) is 1.91. The molecule has 1 heterocycles. The average Bonchev–Trinajstić information content (AvgIpc) is 3.08. The molecule has 104 valence electrons. The second-order valence-electron chi connectivity index (χ2n) is 5.80. The molecule has 1 aromatic rings. The zero-order valence-corrected chi connectivity index (χ0v) is 11.7. The van der Waals surface area contributed by atoms with E-state index < -0.39 is 0 Å². The molecule has 0 spiro atoms. The molecule has 0 bridgehead atoms. The molecule has 4 heteroatoms. The molecule has 20 heavy (non-hydrogen) atoms. The van der Waals surface area contributed by atoms with Crippen molar-refractivity contribution >= 4 is 11.6 Å². The first kappa shape index (κ1) is 13.1. The van der Waals surface area contributed by atoms with Gasteiger partial charge in [0.05, 0.1) is 17.7 Å². The number of likely N-dealkylation sites (N-methyl/N-ethyl adjacent to an activating group) is 1. The number of amides is 1. The molecule has 4 nitrogen and oxygen atoms in total. The summed E-state index contributed by atoms with van der Waals surface area (Å²) in [6.07, 6.45) is 3.67. The molecule has 3 rings (SSSR count). The van der Waals surface area contributed by atoms with E-state index in [2.05, 4.69) is 11.4 Å². The Morgan fingerprint density at radius 3 is 2.80 bits per heavy atom. The molecule has 3 unspecified atom stereocenters. The number of hydrogen-bond donors (Lipinski definition) is 1. The van der Waals surface area contributed by atoms with Gasteiger partial charge in [-0.1, -0.05) is 6.42 Å². The van der Waals surface area contributed by atoms with E-state index in [0.717, 1.165) is 18.7 Å². The van der Waals surface area contributed by atoms with Crippen molar-refractivity contribution in [2.45, 2.75) is 25.3 Å². The monoisotopic (exact) mass is 269 g/mol. The van der Waals surface area contributed by atoms with Gasteiger partial charge < -0.3 is 10.2 Å². The van der Waals surface area contributed by atoms with Gasteiger partial charge in [0.1, 0.15) is 0 Å². The van der Waals surface area contributed by atoms with E-state index in [0.29, 0.717) is 17.4 Å². The summed E-state index contributed by atoms with van der Waals surface area (Å²) in [5.74, 6) is 1.32. The fraction of sp³-hybridized carbons (Fsp3) is 0.500. The first-order chi connectivity index (χ1) is 9.70. The first-order valence-corrected chi connectivity index (χ1v) is 7.22. The maximum atomic E-state index is 12.6. The molecule has 1 aliphatic heterocycles. The summed E-state index contributed by atoms with van der Waals surface area (Å²) in [7, 11) is 1.81. The van der Waals surface area contributed by atoms with E-state index in [9.17, 15) is 4.79 Å². The topological polar surface area (TPSA) is 56.1 Å². The minimum absolute atomic E-state index is 0.0388. The van der Waals surface area contributed by atoms with Gasteiger partial charge in [0.2, 0.25) is 5.91 Å². The third-order valence-electron chi connectivity index (χ3n) is 4.73. The van der Waals surface area contributed by atoms with Gasteiger partial charge in [0, 0.05) is 12.7 Å². The van der Waals surface area contributed by atoms with Crippen LogP contribution in [0.1, 0.15) is 24.8 Å². The highest BCUT2D eigenvalue weighted by Gasteiger charge is 2.43. The summed E-state index contributed by atoms with van der Waals surface area (Å²) in [6, 6.07) is 9.21. The Labute approximate surface area is 119 Å². The van der Waals surface area contributed by atoms with E-state index in [1.54, 1.807) is 17.0 Å². The first-order valence-electron chi connectivity index (χ1n) is 7.22. The number of hydrogen-bond acceptors (Lipinski definition) is 3. The second-order valence-corrected chi connectivity index (χ2v) is 5.80. The second kappa shape index (κ2) is 5.26. The molecule has 1 saturated heterocycles. The molecule has 1 aliphatic carbocycles. The Balaban J connectivity index is 1.74. The number of nitrogens with zero attached hydrogens (tertiary/aromatic N) is 2. The number of anilines is 1. The van der Waals surface area contributed by atoms with E-state index in [1.165, 1.54) is 12.8 Å². The number of rotatable bonds is 2. The normalized spacial score (nSPS) is 27.9. The smallest absolute Gasteiger partial charge is 0.244 e. The molecular weight excluding hydrogens is 250 g/mol. The molecule has 2 aliphatic rings. The van der Waals surface area contributed by atoms with Gasteiger partial charge in [-0.15, -0.1) is 0 Å². The van der Waals surface area contributed by atoms with Crippen molar-refractivity contribution in [3.63, 3.8) is 0 Å². The fourth-order valence-corrected chi connectivity index (χ4v) is 3.55. The van der Waals surface area contributed by atoms with Crippen molar-refractivity contribution in [2.75, 3.05) is 18.5 Å². The minimum Gasteiger partial charge on any atom is -0.314 e. The van der Waals surface area contributed by atoms with E-state index >= 15 is 0 Å². The van der Waals surface area contributed by atoms with E-state index in [1.807, 2.05) is 19.2 Å². The van der Waals surface area contributed by atoms with Crippen LogP contribution in [-0.2, 0) is 4.79 Å². The maximum absolute atomic E-state index is 12.6. The summed E-state index contributed by atoms with van der Waals surface area (Å²) in [4.78, 5) is 14.3. The third kappa shape index (κ3) is 2.19. The lowest BCUT2D eigenvalue weighted by atomic mass is 9.93. The molecular formula is C16H19N3O. The Morgan fingerprint density at radius 2 is 2.10 bits per heavy atom. The van der Waals surface area contributed by atoms with Crippen LogP contribution in [0.5, 0.6) is 0 Å². The molecule has 3 atom stereocenters. The number of nitrogens with one attached hydrogen (secondary N) is 1. The van der Waals surface area contributed by atoms with Crippen molar-refractivity contribution in [1.82, 2.24) is 5.32 Å². The van der Waals surface area contributed by atoms with Crippen molar-refractivity contribution in [2.24, 2.45) is 11.8 Å². The lowest BCUT2D eigenvalue weighted by molar-refractivity contribution is -0.120. The summed E-state index contributed by atoms with van der Waals surface area (Å²) < 4.78 is 0. The molecule has 1 aromatic carbocycles. The van der Waals surface area contributed by atoms with E-state index in [4.69, 9.17) is 5.26 Å². The summed E-state index contributed by atoms with van der Waals surface area (Å²) >= 11 is 0. The summed E-state index contributed by atoms with van der Waals surface area (Å²) in [5, 5.41) is 12.2. The minimum atomic E-state index is -0.0388. The van der Waals surface area contributed by atoms with Crippen LogP contribution < -0.4 is 10.2 Å². The lowest BCUT2D eigenvalue weighted by Crippen LogP contribution is -2.44. The van der Waals surface area contributed by atoms with Crippen LogP contribution in [0.3, 0.4) is 0 Å². The quantitative estimate of drug-likeness (QED) is 0.892. The van der Waals surface area contributed by atoms with Gasteiger partial charge in [-0.05, 0) is 55.5 Å². The maximum Gasteiger partial charge on any atom is 0.244 e. The third-order valence-corrected chi connectivity index (χ3v) is 4.73. The van der Waals surface area contributed by atoms with Gasteiger partial charge in [0.15, 0.2) is 0 Å². The summed E-state index contributed by atoms with van der Waals surface area (Å²) in [6.45, 7) is 0.974. The highest BCUT2D eigenvalue weighted by Crippen LogP contribution is 2.38. The molecule has 0 aromatic heterocycles. The molecule has 0 radical (unpaired) electrons. The molecule has 2 fully saturated rings. The number of fused-ring (bicyclic) bond motifs is 1. The van der Waals surface area contributed by atoms with Gasteiger partial charge >= 0.3 is 0 Å². The zero-order chi connectivity index (χ0) is 14.1. The average molecular weight is 269 g/mol. The SMILES string of the molecule is CN(C(=O)C1NCC2CCCC21)c1ccc(C#N)cc1. The molecule has 1 saturated carbocycles. The summed E-state index contributed by atoms with van der Waals surface area (Å²) in [5.41, 5.74) is 1.46. The number of carbonyl (C=O) groups excluding carboxylic acids is 1. The number of nitriles is 1. The predicted molar refractivity (Wildman–Crippen MR) is 77.2 cm³/mol. The van der Waals surface area contributed by atoms with E-state index in [-0.39, 0.29) is 11.9 Å². The van der Waals surface area contributed by atoms with Gasteiger partial charge in [-0.2, -0.15) is 5.26 Å². The Morgan fingerprint density at radius 1 is 1.35 bits per heavy atom. The van der Waals surface area contributed by atoms with Gasteiger partial charge in [-0.25, -0.2) is 0 Å². The Bertz CT molecular complexity index is 546. The number of benzene rings is 1. The number of carbonyl (C=O) groups is 1. The van der Waals surface area contributed by atoms with Crippen LogP contribution in [-0.4, -0.2) is 25.5 Å². The van der Waals surface area contributed by atoms with Crippen LogP contribution in [0.25, 0.3) is 0 Å². The zero-order valence-electron chi connectivity index (χ0n) is 11.7.